The molecule has 0 bridgehead atoms. The smallest absolute Gasteiger partial charge is 0.126 e. The lowest BCUT2D eigenvalue weighted by Gasteiger charge is -2.44. The van der Waals surface area contributed by atoms with E-state index in [2.05, 4.69) is 13.8 Å². The predicted molar refractivity (Wildman–Crippen MR) is 84.4 cm³/mol. The van der Waals surface area contributed by atoms with E-state index in [9.17, 15) is 9.50 Å². The van der Waals surface area contributed by atoms with Gasteiger partial charge in [0.2, 0.25) is 0 Å². The number of nitrogens with two attached hydrogens (primary N) is 1. The van der Waals surface area contributed by atoms with E-state index in [1.165, 1.54) is 6.07 Å². The van der Waals surface area contributed by atoms with Crippen molar-refractivity contribution in [1.29, 1.82) is 0 Å². The molecule has 21 heavy (non-hydrogen) atoms. The third-order valence-corrected chi connectivity index (χ3v) is 5.47. The van der Waals surface area contributed by atoms with E-state index in [1.54, 1.807) is 13.0 Å². The van der Waals surface area contributed by atoms with Crippen molar-refractivity contribution >= 4 is 0 Å². The summed E-state index contributed by atoms with van der Waals surface area (Å²) in [7, 11) is 0. The van der Waals surface area contributed by atoms with Crippen LogP contribution < -0.4 is 5.73 Å². The van der Waals surface area contributed by atoms with E-state index in [4.69, 9.17) is 5.73 Å². The maximum atomic E-state index is 13.8. The Hall–Kier alpha value is -0.930. The van der Waals surface area contributed by atoms with Crippen LogP contribution >= 0.6 is 0 Å². The molecule has 1 aliphatic rings. The fourth-order valence-electron chi connectivity index (χ4n) is 3.60. The maximum Gasteiger partial charge on any atom is 0.126 e. The lowest BCUT2D eigenvalue weighted by Crippen LogP contribution is -2.40. The van der Waals surface area contributed by atoms with Gasteiger partial charge in [-0.1, -0.05) is 26.0 Å². The highest BCUT2D eigenvalue weighted by atomic mass is 19.1. The Balaban J connectivity index is 2.18. The lowest BCUT2D eigenvalue weighted by atomic mass is 9.64. The highest BCUT2D eigenvalue weighted by molar-refractivity contribution is 5.26. The summed E-state index contributed by atoms with van der Waals surface area (Å²) in [6.07, 6.45) is 3.36. The van der Waals surface area contributed by atoms with Crippen molar-refractivity contribution in [2.75, 3.05) is 6.54 Å². The molecule has 2 nitrogen and oxygen atoms in total. The van der Waals surface area contributed by atoms with Gasteiger partial charge in [-0.25, -0.2) is 4.39 Å². The minimum absolute atomic E-state index is 0.255. The number of rotatable bonds is 4. The van der Waals surface area contributed by atoms with Gasteiger partial charge in [0, 0.05) is 12.0 Å². The zero-order valence-corrected chi connectivity index (χ0v) is 13.4. The van der Waals surface area contributed by atoms with Crippen molar-refractivity contribution in [1.82, 2.24) is 0 Å². The zero-order valence-electron chi connectivity index (χ0n) is 13.4. The maximum absolute atomic E-state index is 13.8. The number of aliphatic hydroxyl groups excluding tert-OH is 1. The molecule has 0 amide bonds. The SMILES string of the molecule is Cc1ccc(C(O)C2(CN)CCC(C(C)C)CC2)cc1F. The summed E-state index contributed by atoms with van der Waals surface area (Å²) in [6.45, 7) is 6.70. The van der Waals surface area contributed by atoms with E-state index in [0.717, 1.165) is 25.7 Å². The molecule has 0 aromatic heterocycles. The van der Waals surface area contributed by atoms with Gasteiger partial charge in [-0.2, -0.15) is 0 Å². The molecule has 1 aromatic rings. The first kappa shape index (κ1) is 16.4. The molecular weight excluding hydrogens is 265 g/mol. The van der Waals surface area contributed by atoms with Crippen LogP contribution in [-0.2, 0) is 0 Å². The minimum atomic E-state index is -0.675. The highest BCUT2D eigenvalue weighted by Gasteiger charge is 2.41. The van der Waals surface area contributed by atoms with Crippen LogP contribution in [0.5, 0.6) is 0 Å². The molecule has 1 unspecified atom stereocenters. The third kappa shape index (κ3) is 3.29. The van der Waals surface area contributed by atoms with Gasteiger partial charge in [0.05, 0.1) is 6.10 Å². The molecular formula is C18H28FNO. The van der Waals surface area contributed by atoms with Gasteiger partial charge >= 0.3 is 0 Å². The van der Waals surface area contributed by atoms with Gasteiger partial charge in [-0.3, -0.25) is 0 Å². The van der Waals surface area contributed by atoms with Crippen LogP contribution in [0.1, 0.15) is 56.8 Å². The first-order valence-electron chi connectivity index (χ1n) is 8.04. The standard InChI is InChI=1S/C18H28FNO/c1-12(2)14-6-8-18(11-20,9-7-14)17(21)15-5-4-13(3)16(19)10-15/h4-5,10,12,14,17,21H,6-9,11,20H2,1-3H3. The van der Waals surface area contributed by atoms with E-state index in [1.807, 2.05) is 6.07 Å². The van der Waals surface area contributed by atoms with Crippen molar-refractivity contribution in [2.24, 2.45) is 23.0 Å². The molecule has 2 rings (SSSR count). The van der Waals surface area contributed by atoms with Crippen LogP contribution in [0.15, 0.2) is 18.2 Å². The number of aliphatic hydroxyl groups is 1. The van der Waals surface area contributed by atoms with E-state index < -0.39 is 6.10 Å². The molecule has 0 saturated heterocycles. The van der Waals surface area contributed by atoms with Crippen LogP contribution in [0.3, 0.4) is 0 Å². The van der Waals surface area contributed by atoms with Crippen molar-refractivity contribution in [2.45, 2.75) is 52.6 Å². The summed E-state index contributed by atoms with van der Waals surface area (Å²) in [5.74, 6) is 1.14. The van der Waals surface area contributed by atoms with Crippen LogP contribution in [0.2, 0.25) is 0 Å². The Morgan fingerprint density at radius 1 is 1.33 bits per heavy atom. The van der Waals surface area contributed by atoms with Crippen LogP contribution in [-0.4, -0.2) is 11.7 Å². The fourth-order valence-corrected chi connectivity index (χ4v) is 3.60. The molecule has 3 heteroatoms. The normalized spacial score (nSPS) is 27.9. The van der Waals surface area contributed by atoms with Gasteiger partial charge in [-0.05, 0) is 61.6 Å². The zero-order chi connectivity index (χ0) is 15.6. The topological polar surface area (TPSA) is 46.2 Å². The van der Waals surface area contributed by atoms with E-state index in [0.29, 0.717) is 29.5 Å². The Bertz CT molecular complexity index is 478. The molecule has 0 heterocycles. The minimum Gasteiger partial charge on any atom is -0.388 e. The van der Waals surface area contributed by atoms with Crippen LogP contribution in [0.25, 0.3) is 0 Å². The summed E-state index contributed by atoms with van der Waals surface area (Å²) in [4.78, 5) is 0. The molecule has 3 N–H and O–H groups in total. The Morgan fingerprint density at radius 2 is 1.95 bits per heavy atom. The average Bonchev–Trinajstić information content (AvgIpc) is 2.49. The second-order valence-electron chi connectivity index (χ2n) is 7.06. The predicted octanol–water partition coefficient (Wildman–Crippen LogP) is 3.96. The first-order chi connectivity index (χ1) is 9.89. The molecule has 0 spiro atoms. The van der Waals surface area contributed by atoms with Gasteiger partial charge < -0.3 is 10.8 Å². The average molecular weight is 293 g/mol. The van der Waals surface area contributed by atoms with Gasteiger partial charge in [0.15, 0.2) is 0 Å². The summed E-state index contributed by atoms with van der Waals surface area (Å²) < 4.78 is 13.8. The lowest BCUT2D eigenvalue weighted by molar-refractivity contribution is -0.0150. The van der Waals surface area contributed by atoms with Gasteiger partial charge in [-0.15, -0.1) is 0 Å². The highest BCUT2D eigenvalue weighted by Crippen LogP contribution is 2.48. The van der Waals surface area contributed by atoms with E-state index >= 15 is 0 Å². The molecule has 1 saturated carbocycles. The molecule has 118 valence electrons. The Kier molecular flexibility index (Phi) is 5.05. The summed E-state index contributed by atoms with van der Waals surface area (Å²) >= 11 is 0. The summed E-state index contributed by atoms with van der Waals surface area (Å²) in [5.41, 5.74) is 6.98. The van der Waals surface area contributed by atoms with Crippen molar-refractivity contribution in [3.8, 4) is 0 Å². The number of halogens is 1. The fraction of sp³-hybridized carbons (Fsp3) is 0.667. The Labute approximate surface area is 127 Å². The second-order valence-corrected chi connectivity index (χ2v) is 7.06. The van der Waals surface area contributed by atoms with E-state index in [-0.39, 0.29) is 11.2 Å². The molecule has 1 aliphatic carbocycles. The van der Waals surface area contributed by atoms with Crippen molar-refractivity contribution in [3.05, 3.63) is 35.1 Å². The largest absolute Gasteiger partial charge is 0.388 e. The number of benzene rings is 1. The van der Waals surface area contributed by atoms with Crippen molar-refractivity contribution in [3.63, 3.8) is 0 Å². The third-order valence-electron chi connectivity index (χ3n) is 5.47. The second kappa shape index (κ2) is 6.45. The van der Waals surface area contributed by atoms with Crippen molar-refractivity contribution < 1.29 is 9.50 Å². The van der Waals surface area contributed by atoms with Crippen LogP contribution in [0.4, 0.5) is 4.39 Å². The Morgan fingerprint density at radius 3 is 2.43 bits per heavy atom. The monoisotopic (exact) mass is 293 g/mol. The molecule has 0 aliphatic heterocycles. The molecule has 1 atom stereocenters. The van der Waals surface area contributed by atoms with Crippen LogP contribution in [0, 0.1) is 30.0 Å². The molecule has 1 fully saturated rings. The number of aryl methyl sites for hydroxylation is 1. The summed E-state index contributed by atoms with van der Waals surface area (Å²) in [5, 5.41) is 10.8. The molecule has 1 aromatic carbocycles. The number of hydrogen-bond acceptors (Lipinski definition) is 2. The quantitative estimate of drug-likeness (QED) is 0.882. The number of hydrogen-bond donors (Lipinski definition) is 2. The summed E-state index contributed by atoms with van der Waals surface area (Å²) in [6, 6.07) is 5.03. The van der Waals surface area contributed by atoms with Gasteiger partial charge in [0.1, 0.15) is 5.82 Å². The molecule has 0 radical (unpaired) electrons. The van der Waals surface area contributed by atoms with Gasteiger partial charge in [0.25, 0.3) is 0 Å². The first-order valence-corrected chi connectivity index (χ1v) is 8.04.